The summed E-state index contributed by atoms with van der Waals surface area (Å²) in [6.45, 7) is 1.05. The number of halogens is 1. The Kier molecular flexibility index (Phi) is 5.13. The fourth-order valence-electron chi connectivity index (χ4n) is 3.09. The number of fused-ring (bicyclic) bond motifs is 2. The van der Waals surface area contributed by atoms with E-state index in [0.29, 0.717) is 0 Å². The smallest absolute Gasteiger partial charge is 0.215 e. The molecule has 4 heteroatoms. The Bertz CT molecular complexity index is 806. The van der Waals surface area contributed by atoms with Gasteiger partial charge in [0.05, 0.1) is 0 Å². The molecule has 3 rings (SSSR count). The summed E-state index contributed by atoms with van der Waals surface area (Å²) in [4.78, 5) is 4.34. The van der Waals surface area contributed by atoms with E-state index in [0.717, 1.165) is 6.54 Å². The quantitative estimate of drug-likeness (QED) is 0.258. The van der Waals surface area contributed by atoms with Crippen molar-refractivity contribution in [2.24, 2.45) is 0 Å². The topological polar surface area (TPSA) is 10.4 Å². The Morgan fingerprint density at radius 3 is 1.71 bits per heavy atom. The first-order valence-electron chi connectivity index (χ1n) is 8.32. The van der Waals surface area contributed by atoms with Gasteiger partial charge in [0.25, 0.3) is 0 Å². The molecule has 0 aliphatic heterocycles. The summed E-state index contributed by atoms with van der Waals surface area (Å²) in [7, 11) is 8.39. The van der Waals surface area contributed by atoms with Gasteiger partial charge in [0.1, 0.15) is 6.54 Å². The van der Waals surface area contributed by atoms with Crippen molar-refractivity contribution in [1.82, 2.24) is 0 Å². The van der Waals surface area contributed by atoms with Gasteiger partial charge in [-0.2, -0.15) is 4.57 Å². The molecule has 0 radical (unpaired) electrons. The summed E-state index contributed by atoms with van der Waals surface area (Å²) in [5.74, 6) is 0. The van der Waals surface area contributed by atoms with Crippen LogP contribution in [-0.2, 0) is 6.54 Å². The zero-order valence-corrected chi connectivity index (χ0v) is 17.0. The number of aromatic nitrogens is 1. The van der Waals surface area contributed by atoms with E-state index in [9.17, 15) is 0 Å². The Hall–Kier alpha value is -1.56. The van der Waals surface area contributed by atoms with Crippen LogP contribution in [0.3, 0.4) is 0 Å². The van der Waals surface area contributed by atoms with Gasteiger partial charge in [0, 0.05) is 73.3 Å². The van der Waals surface area contributed by atoms with Crippen molar-refractivity contribution in [2.45, 2.75) is 13.0 Å². The van der Waals surface area contributed by atoms with Gasteiger partial charge in [0.15, 0.2) is 0 Å². The molecule has 0 amide bonds. The molecule has 0 spiro atoms. The number of rotatable bonds is 5. The summed E-state index contributed by atoms with van der Waals surface area (Å²) < 4.78 is 3.66. The summed E-state index contributed by atoms with van der Waals surface area (Å²) in [6.07, 6.45) is 1.18. The molecule has 0 aliphatic carbocycles. The van der Waals surface area contributed by atoms with Crippen molar-refractivity contribution in [3.63, 3.8) is 0 Å². The molecule has 0 saturated heterocycles. The Morgan fingerprint density at radius 1 is 0.792 bits per heavy atom. The van der Waals surface area contributed by atoms with Gasteiger partial charge in [-0.3, -0.25) is 0 Å². The van der Waals surface area contributed by atoms with Crippen LogP contribution in [0.4, 0.5) is 11.4 Å². The minimum Gasteiger partial charge on any atom is -0.377 e. The van der Waals surface area contributed by atoms with Gasteiger partial charge in [-0.25, -0.2) is 0 Å². The molecule has 24 heavy (non-hydrogen) atoms. The molecular formula is C20H25IN3+. The van der Waals surface area contributed by atoms with Gasteiger partial charge in [-0.05, 0) is 30.3 Å². The van der Waals surface area contributed by atoms with Gasteiger partial charge in [-0.1, -0.05) is 22.6 Å². The molecule has 2 aromatic carbocycles. The van der Waals surface area contributed by atoms with E-state index >= 15 is 0 Å². The summed E-state index contributed by atoms with van der Waals surface area (Å²) in [5, 5.41) is 2.61. The summed E-state index contributed by atoms with van der Waals surface area (Å²) in [5.41, 5.74) is 5.12. The lowest BCUT2D eigenvalue weighted by Crippen LogP contribution is -2.36. The number of hydrogen-bond donors (Lipinski definition) is 0. The first kappa shape index (κ1) is 17.3. The van der Waals surface area contributed by atoms with Crippen LogP contribution in [0.25, 0.3) is 21.8 Å². The Balaban J connectivity index is 2.32. The highest BCUT2D eigenvalue weighted by Gasteiger charge is 2.17. The first-order chi connectivity index (χ1) is 11.5. The lowest BCUT2D eigenvalue weighted by atomic mass is 10.1. The van der Waals surface area contributed by atoms with Gasteiger partial charge in [0.2, 0.25) is 11.0 Å². The number of pyridine rings is 1. The molecule has 0 saturated carbocycles. The van der Waals surface area contributed by atoms with Crippen molar-refractivity contribution in [2.75, 3.05) is 42.4 Å². The molecule has 0 bridgehead atoms. The van der Waals surface area contributed by atoms with E-state index in [2.05, 4.69) is 108 Å². The first-order valence-corrected chi connectivity index (χ1v) is 9.85. The van der Waals surface area contributed by atoms with Crippen molar-refractivity contribution < 1.29 is 4.57 Å². The second-order valence-electron chi connectivity index (χ2n) is 6.61. The normalized spacial score (nSPS) is 11.2. The standard InChI is InChI=1S/C20H25IN3/c1-22(2)17-8-6-15-12-16-7-9-18(23(3)4)14-20(16)24(11-5-10-21)19(15)13-17/h6-9,12-14H,5,10-11H2,1-4H3/q+1. The fourth-order valence-corrected chi connectivity index (χ4v) is 3.43. The van der Waals surface area contributed by atoms with E-state index < -0.39 is 0 Å². The number of hydrogen-bond acceptors (Lipinski definition) is 2. The zero-order chi connectivity index (χ0) is 17.3. The minimum atomic E-state index is 1.05. The fraction of sp³-hybridized carbons (Fsp3) is 0.350. The van der Waals surface area contributed by atoms with Crippen LogP contribution in [0.1, 0.15) is 6.42 Å². The lowest BCUT2D eigenvalue weighted by Gasteiger charge is -2.15. The summed E-state index contributed by atoms with van der Waals surface area (Å²) >= 11 is 2.47. The average Bonchev–Trinajstić information content (AvgIpc) is 2.57. The Labute approximate surface area is 158 Å². The van der Waals surface area contributed by atoms with Crippen LogP contribution in [0.15, 0.2) is 42.5 Å². The van der Waals surface area contributed by atoms with E-state index in [4.69, 9.17) is 0 Å². The highest BCUT2D eigenvalue weighted by Crippen LogP contribution is 2.25. The molecule has 3 aromatic rings. The number of benzene rings is 2. The predicted octanol–water partition coefficient (Wildman–Crippen LogP) is 4.24. The molecule has 0 N–H and O–H groups in total. The maximum absolute atomic E-state index is 2.49. The van der Waals surface area contributed by atoms with Crippen LogP contribution >= 0.6 is 22.6 Å². The lowest BCUT2D eigenvalue weighted by molar-refractivity contribution is -0.645. The van der Waals surface area contributed by atoms with E-state index in [-0.39, 0.29) is 0 Å². The van der Waals surface area contributed by atoms with E-state index in [1.54, 1.807) is 0 Å². The van der Waals surface area contributed by atoms with Crippen LogP contribution in [0.5, 0.6) is 0 Å². The molecule has 126 valence electrons. The maximum Gasteiger partial charge on any atom is 0.215 e. The second-order valence-corrected chi connectivity index (χ2v) is 7.69. The van der Waals surface area contributed by atoms with Crippen molar-refractivity contribution >= 4 is 55.8 Å². The number of anilines is 2. The number of nitrogens with zero attached hydrogens (tertiary/aromatic N) is 3. The van der Waals surface area contributed by atoms with Gasteiger partial charge in [-0.15, -0.1) is 0 Å². The highest BCUT2D eigenvalue weighted by molar-refractivity contribution is 14.1. The summed E-state index contributed by atoms with van der Waals surface area (Å²) in [6, 6.07) is 15.8. The molecule has 3 nitrogen and oxygen atoms in total. The van der Waals surface area contributed by atoms with E-state index in [1.165, 1.54) is 44.0 Å². The molecule has 0 atom stereocenters. The largest absolute Gasteiger partial charge is 0.377 e. The van der Waals surface area contributed by atoms with Gasteiger partial charge < -0.3 is 9.80 Å². The van der Waals surface area contributed by atoms with Crippen molar-refractivity contribution in [1.29, 1.82) is 0 Å². The Morgan fingerprint density at radius 2 is 1.29 bits per heavy atom. The molecule has 1 heterocycles. The third kappa shape index (κ3) is 3.29. The third-order valence-electron chi connectivity index (χ3n) is 4.47. The molecule has 0 unspecified atom stereocenters. The number of aryl methyl sites for hydroxylation is 1. The van der Waals surface area contributed by atoms with E-state index in [1.807, 2.05) is 0 Å². The SMILES string of the molecule is CN(C)c1ccc2cc3ccc(N(C)C)cc3[n+](CCCI)c2c1. The van der Waals surface area contributed by atoms with Crippen LogP contribution in [0, 0.1) is 0 Å². The van der Waals surface area contributed by atoms with Crippen LogP contribution in [0.2, 0.25) is 0 Å². The van der Waals surface area contributed by atoms with Crippen molar-refractivity contribution in [3.05, 3.63) is 42.5 Å². The molecule has 1 aromatic heterocycles. The van der Waals surface area contributed by atoms with Crippen molar-refractivity contribution in [3.8, 4) is 0 Å². The monoisotopic (exact) mass is 434 g/mol. The van der Waals surface area contributed by atoms with Gasteiger partial charge >= 0.3 is 0 Å². The maximum atomic E-state index is 2.49. The van der Waals surface area contributed by atoms with Crippen LogP contribution in [-0.4, -0.2) is 32.6 Å². The third-order valence-corrected chi connectivity index (χ3v) is 5.23. The average molecular weight is 434 g/mol. The number of alkyl halides is 1. The minimum absolute atomic E-state index is 1.05. The molecular weight excluding hydrogens is 409 g/mol. The van der Waals surface area contributed by atoms with Crippen LogP contribution < -0.4 is 14.4 Å². The zero-order valence-electron chi connectivity index (χ0n) is 14.9. The highest BCUT2D eigenvalue weighted by atomic mass is 127. The molecule has 0 aliphatic rings. The second kappa shape index (κ2) is 7.13. The predicted molar refractivity (Wildman–Crippen MR) is 114 cm³/mol. The molecule has 0 fully saturated rings.